The van der Waals surface area contributed by atoms with E-state index in [1.807, 2.05) is 0 Å². The summed E-state index contributed by atoms with van der Waals surface area (Å²) < 4.78 is 32.9. The van der Waals surface area contributed by atoms with Gasteiger partial charge in [-0.25, -0.2) is 13.1 Å². The molecule has 134 valence electrons. The van der Waals surface area contributed by atoms with E-state index < -0.39 is 10.0 Å². The van der Waals surface area contributed by atoms with Crippen molar-refractivity contribution in [2.24, 2.45) is 0 Å². The Balaban J connectivity index is 1.65. The van der Waals surface area contributed by atoms with Crippen LogP contribution in [0.5, 0.6) is 0 Å². The molecule has 9 heteroatoms. The first-order valence-electron chi connectivity index (χ1n) is 7.67. The number of furan rings is 1. The number of carbonyl (C=O) groups is 1. The van der Waals surface area contributed by atoms with E-state index in [1.165, 1.54) is 18.4 Å². The van der Waals surface area contributed by atoms with Crippen LogP contribution in [0.2, 0.25) is 10.0 Å². The van der Waals surface area contributed by atoms with Gasteiger partial charge in [0.1, 0.15) is 4.90 Å². The molecule has 3 rings (SSSR count). The second-order valence-electron chi connectivity index (χ2n) is 5.72. The van der Waals surface area contributed by atoms with E-state index in [2.05, 4.69) is 4.72 Å². The van der Waals surface area contributed by atoms with Crippen molar-refractivity contribution in [3.63, 3.8) is 0 Å². The zero-order valence-corrected chi connectivity index (χ0v) is 15.4. The smallest absolute Gasteiger partial charge is 0.289 e. The van der Waals surface area contributed by atoms with Gasteiger partial charge in [0.05, 0.1) is 16.3 Å². The van der Waals surface area contributed by atoms with E-state index in [0.29, 0.717) is 25.9 Å². The van der Waals surface area contributed by atoms with Gasteiger partial charge in [0.15, 0.2) is 5.76 Å². The molecule has 1 amide bonds. The Morgan fingerprint density at radius 1 is 1.12 bits per heavy atom. The van der Waals surface area contributed by atoms with Gasteiger partial charge in [0.2, 0.25) is 10.0 Å². The van der Waals surface area contributed by atoms with Crippen LogP contribution < -0.4 is 4.72 Å². The number of nitrogens with one attached hydrogen (secondary N) is 1. The molecule has 1 aromatic carbocycles. The van der Waals surface area contributed by atoms with Crippen LogP contribution in [0.15, 0.2) is 45.9 Å². The molecule has 0 atom stereocenters. The summed E-state index contributed by atoms with van der Waals surface area (Å²) in [5.74, 6) is 0.0855. The van der Waals surface area contributed by atoms with Gasteiger partial charge < -0.3 is 9.32 Å². The maximum atomic E-state index is 12.6. The maximum absolute atomic E-state index is 12.6. The Morgan fingerprint density at radius 3 is 2.32 bits per heavy atom. The van der Waals surface area contributed by atoms with Crippen LogP contribution in [0.3, 0.4) is 0 Å². The molecule has 0 spiro atoms. The Bertz CT molecular complexity index is 840. The van der Waals surface area contributed by atoms with Gasteiger partial charge in [-0.15, -0.1) is 0 Å². The molecule has 6 nitrogen and oxygen atoms in total. The third kappa shape index (κ3) is 4.00. The minimum atomic E-state index is -3.84. The van der Waals surface area contributed by atoms with Crippen molar-refractivity contribution in [3.05, 3.63) is 52.4 Å². The summed E-state index contributed by atoms with van der Waals surface area (Å²) in [5.41, 5.74) is 0. The fourth-order valence-electron chi connectivity index (χ4n) is 2.77. The van der Waals surface area contributed by atoms with Crippen LogP contribution in [0.4, 0.5) is 0 Å². The highest BCUT2D eigenvalue weighted by Crippen LogP contribution is 2.29. The van der Waals surface area contributed by atoms with Crippen LogP contribution in [0, 0.1) is 0 Å². The monoisotopic (exact) mass is 402 g/mol. The fourth-order valence-corrected chi connectivity index (χ4v) is 5.22. The lowest BCUT2D eigenvalue weighted by atomic mass is 10.1. The van der Waals surface area contributed by atoms with Crippen LogP contribution in [-0.2, 0) is 10.0 Å². The first-order valence-corrected chi connectivity index (χ1v) is 9.91. The van der Waals surface area contributed by atoms with E-state index >= 15 is 0 Å². The number of hydrogen-bond acceptors (Lipinski definition) is 4. The van der Waals surface area contributed by atoms with Gasteiger partial charge in [-0.3, -0.25) is 4.79 Å². The molecular formula is C16H16Cl2N2O4S. The number of hydrogen-bond donors (Lipinski definition) is 1. The molecule has 1 fully saturated rings. The lowest BCUT2D eigenvalue weighted by Gasteiger charge is -2.31. The van der Waals surface area contributed by atoms with Gasteiger partial charge in [0, 0.05) is 19.1 Å². The van der Waals surface area contributed by atoms with Gasteiger partial charge in [-0.1, -0.05) is 29.3 Å². The standard InChI is InChI=1S/C16H16Cl2N2O4S/c17-12-3-1-4-13(18)15(12)25(22,23)19-11-6-8-20(9-7-11)16(21)14-5-2-10-24-14/h1-5,10-11,19H,6-9H2. The molecule has 2 heterocycles. The number of sulfonamides is 1. The molecule has 0 aliphatic carbocycles. The number of likely N-dealkylation sites (tertiary alicyclic amines) is 1. The largest absolute Gasteiger partial charge is 0.459 e. The Kier molecular flexibility index (Phi) is 5.38. The van der Waals surface area contributed by atoms with Crippen LogP contribution in [0.25, 0.3) is 0 Å². The number of piperidine rings is 1. The summed E-state index contributed by atoms with van der Waals surface area (Å²) >= 11 is 12.0. The molecule has 1 aliphatic heterocycles. The first kappa shape index (κ1) is 18.3. The molecule has 25 heavy (non-hydrogen) atoms. The highest BCUT2D eigenvalue weighted by molar-refractivity contribution is 7.89. The molecule has 0 bridgehead atoms. The lowest BCUT2D eigenvalue weighted by molar-refractivity contribution is 0.0679. The SMILES string of the molecule is O=C(c1ccco1)N1CCC(NS(=O)(=O)c2c(Cl)cccc2Cl)CC1. The fraction of sp³-hybridized carbons (Fsp3) is 0.312. The van der Waals surface area contributed by atoms with Crippen LogP contribution in [-0.4, -0.2) is 38.4 Å². The van der Waals surface area contributed by atoms with E-state index in [-0.39, 0.29) is 32.7 Å². The van der Waals surface area contributed by atoms with E-state index in [1.54, 1.807) is 23.1 Å². The predicted octanol–water partition coefficient (Wildman–Crippen LogP) is 3.17. The molecular weight excluding hydrogens is 387 g/mol. The lowest BCUT2D eigenvalue weighted by Crippen LogP contribution is -2.46. The molecule has 0 unspecified atom stereocenters. The van der Waals surface area contributed by atoms with Gasteiger partial charge in [-0.05, 0) is 37.1 Å². The molecule has 1 aliphatic rings. The maximum Gasteiger partial charge on any atom is 0.289 e. The minimum absolute atomic E-state index is 0.0745. The van der Waals surface area contributed by atoms with Crippen molar-refractivity contribution in [1.82, 2.24) is 9.62 Å². The highest BCUT2D eigenvalue weighted by Gasteiger charge is 2.29. The topological polar surface area (TPSA) is 79.6 Å². The molecule has 0 saturated carbocycles. The van der Waals surface area contributed by atoms with Gasteiger partial charge >= 0.3 is 0 Å². The van der Waals surface area contributed by atoms with Crippen molar-refractivity contribution in [2.45, 2.75) is 23.8 Å². The summed E-state index contributed by atoms with van der Waals surface area (Å²) in [5, 5.41) is 0.149. The molecule has 2 aromatic rings. The quantitative estimate of drug-likeness (QED) is 0.851. The van der Waals surface area contributed by atoms with Crippen molar-refractivity contribution >= 4 is 39.1 Å². The van der Waals surface area contributed by atoms with Gasteiger partial charge in [0.25, 0.3) is 5.91 Å². The number of benzene rings is 1. The number of rotatable bonds is 4. The number of amides is 1. The second kappa shape index (κ2) is 7.37. The Hall–Kier alpha value is -1.54. The van der Waals surface area contributed by atoms with Crippen molar-refractivity contribution in [3.8, 4) is 0 Å². The van der Waals surface area contributed by atoms with Gasteiger partial charge in [-0.2, -0.15) is 0 Å². The summed E-state index contributed by atoms with van der Waals surface area (Å²) in [6.45, 7) is 0.867. The molecule has 1 aromatic heterocycles. The van der Waals surface area contributed by atoms with E-state index in [0.717, 1.165) is 0 Å². The third-order valence-electron chi connectivity index (χ3n) is 4.02. The summed E-state index contributed by atoms with van der Waals surface area (Å²) in [7, 11) is -3.84. The van der Waals surface area contributed by atoms with Crippen LogP contribution >= 0.6 is 23.2 Å². The second-order valence-corrected chi connectivity index (χ2v) is 8.18. The van der Waals surface area contributed by atoms with E-state index in [4.69, 9.17) is 27.6 Å². The minimum Gasteiger partial charge on any atom is -0.459 e. The normalized spacial score (nSPS) is 16.2. The first-order chi connectivity index (χ1) is 11.9. The summed E-state index contributed by atoms with van der Waals surface area (Å²) in [6, 6.07) is 7.51. The predicted molar refractivity (Wildman–Crippen MR) is 94.4 cm³/mol. The number of nitrogens with zero attached hydrogens (tertiary/aromatic N) is 1. The summed E-state index contributed by atoms with van der Waals surface area (Å²) in [6.07, 6.45) is 2.43. The average molecular weight is 403 g/mol. The Labute approximate surface area is 155 Å². The zero-order chi connectivity index (χ0) is 18.0. The van der Waals surface area contributed by atoms with Crippen molar-refractivity contribution < 1.29 is 17.6 Å². The van der Waals surface area contributed by atoms with Crippen molar-refractivity contribution in [2.75, 3.05) is 13.1 Å². The van der Waals surface area contributed by atoms with Crippen LogP contribution in [0.1, 0.15) is 23.4 Å². The number of carbonyl (C=O) groups excluding carboxylic acids is 1. The van der Waals surface area contributed by atoms with E-state index in [9.17, 15) is 13.2 Å². The number of halogens is 2. The molecule has 0 radical (unpaired) electrons. The third-order valence-corrected chi connectivity index (χ3v) is 6.50. The van der Waals surface area contributed by atoms with Crippen molar-refractivity contribution in [1.29, 1.82) is 0 Å². The summed E-state index contributed by atoms with van der Waals surface area (Å²) in [4.78, 5) is 13.7. The molecule has 1 saturated heterocycles. The zero-order valence-electron chi connectivity index (χ0n) is 13.1. The Morgan fingerprint density at radius 2 is 1.76 bits per heavy atom. The highest BCUT2D eigenvalue weighted by atomic mass is 35.5. The average Bonchev–Trinajstić information content (AvgIpc) is 3.08. The molecule has 1 N–H and O–H groups in total.